The smallest absolute Gasteiger partial charge is 0.252 e. The minimum absolute atomic E-state index is 0.0130. The van der Waals surface area contributed by atoms with Crippen LogP contribution in [0, 0.1) is 25.5 Å². The Morgan fingerprint density at radius 1 is 1.23 bits per heavy atom. The Labute approximate surface area is 177 Å². The number of pyridine rings is 1. The maximum Gasteiger partial charge on any atom is 0.252 e. The molecule has 31 heavy (non-hydrogen) atoms. The van der Waals surface area contributed by atoms with Gasteiger partial charge in [-0.15, -0.1) is 0 Å². The molecule has 2 N–H and O–H groups in total. The fraction of sp³-hybridized carbons (Fsp3) is 0.318. The van der Waals surface area contributed by atoms with Crippen molar-refractivity contribution in [3.63, 3.8) is 0 Å². The second-order valence-electron chi connectivity index (χ2n) is 7.51. The number of amides is 1. The lowest BCUT2D eigenvalue weighted by molar-refractivity contribution is 0.100. The second-order valence-corrected chi connectivity index (χ2v) is 7.51. The Morgan fingerprint density at radius 2 is 1.94 bits per heavy atom. The van der Waals surface area contributed by atoms with Crippen LogP contribution in [0.4, 0.5) is 8.78 Å². The van der Waals surface area contributed by atoms with Gasteiger partial charge in [-0.3, -0.25) is 9.48 Å². The van der Waals surface area contributed by atoms with Crippen molar-refractivity contribution in [1.82, 2.24) is 14.8 Å². The van der Waals surface area contributed by atoms with Crippen molar-refractivity contribution in [2.75, 3.05) is 20.3 Å². The maximum atomic E-state index is 15.4. The molecule has 0 saturated carbocycles. The van der Waals surface area contributed by atoms with E-state index in [1.54, 1.807) is 19.9 Å². The summed E-state index contributed by atoms with van der Waals surface area (Å²) < 4.78 is 42.9. The zero-order valence-electron chi connectivity index (χ0n) is 17.4. The summed E-state index contributed by atoms with van der Waals surface area (Å²) in [6.45, 7) is 4.45. The van der Waals surface area contributed by atoms with Gasteiger partial charge in [0.05, 0.1) is 37.2 Å². The van der Waals surface area contributed by atoms with E-state index >= 15 is 8.78 Å². The Bertz CT molecular complexity index is 1170. The van der Waals surface area contributed by atoms with E-state index in [0.29, 0.717) is 36.5 Å². The van der Waals surface area contributed by atoms with Gasteiger partial charge in [-0.1, -0.05) is 0 Å². The van der Waals surface area contributed by atoms with Crippen molar-refractivity contribution < 1.29 is 23.0 Å². The van der Waals surface area contributed by atoms with Gasteiger partial charge in [0.15, 0.2) is 0 Å². The Hall–Kier alpha value is -3.33. The van der Waals surface area contributed by atoms with Crippen LogP contribution in [0.25, 0.3) is 22.4 Å². The molecule has 1 fully saturated rings. The molecular weight excluding hydrogens is 406 g/mol. The van der Waals surface area contributed by atoms with E-state index < -0.39 is 17.5 Å². The number of nitrogens with zero attached hydrogens (tertiary/aromatic N) is 3. The largest absolute Gasteiger partial charge is 0.481 e. The van der Waals surface area contributed by atoms with Gasteiger partial charge in [0.1, 0.15) is 11.6 Å². The van der Waals surface area contributed by atoms with Crippen LogP contribution in [0.1, 0.15) is 34.1 Å². The number of primary amides is 1. The summed E-state index contributed by atoms with van der Waals surface area (Å²) in [5, 5.41) is 4.22. The maximum absolute atomic E-state index is 15.4. The van der Waals surface area contributed by atoms with E-state index in [0.717, 1.165) is 12.1 Å². The van der Waals surface area contributed by atoms with Gasteiger partial charge in [-0.2, -0.15) is 5.10 Å². The molecule has 3 heterocycles. The lowest BCUT2D eigenvalue weighted by atomic mass is 9.97. The number of carbonyl (C=O) groups is 1. The van der Waals surface area contributed by atoms with Crippen molar-refractivity contribution in [1.29, 1.82) is 0 Å². The molecule has 0 bridgehead atoms. The topological polar surface area (TPSA) is 92.3 Å². The molecule has 1 saturated heterocycles. The molecule has 0 radical (unpaired) electrons. The molecule has 1 amide bonds. The van der Waals surface area contributed by atoms with E-state index in [1.807, 2.05) is 0 Å². The number of ether oxygens (including phenoxy) is 2. The highest BCUT2D eigenvalue weighted by Gasteiger charge is 2.28. The zero-order valence-corrected chi connectivity index (χ0v) is 17.4. The predicted molar refractivity (Wildman–Crippen MR) is 110 cm³/mol. The minimum Gasteiger partial charge on any atom is -0.481 e. The van der Waals surface area contributed by atoms with E-state index in [2.05, 4.69) is 10.1 Å². The number of carbonyl (C=O) groups excluding carboxylic acids is 1. The van der Waals surface area contributed by atoms with Gasteiger partial charge < -0.3 is 15.2 Å². The molecule has 0 aliphatic carbocycles. The lowest BCUT2D eigenvalue weighted by Gasteiger charge is -2.17. The molecule has 1 unspecified atom stereocenters. The van der Waals surface area contributed by atoms with E-state index in [1.165, 1.54) is 18.0 Å². The van der Waals surface area contributed by atoms with Gasteiger partial charge >= 0.3 is 0 Å². The van der Waals surface area contributed by atoms with Crippen molar-refractivity contribution >= 4 is 5.91 Å². The van der Waals surface area contributed by atoms with Gasteiger partial charge in [0.25, 0.3) is 5.91 Å². The number of halogens is 2. The number of rotatable bonds is 5. The molecule has 1 aromatic carbocycles. The summed E-state index contributed by atoms with van der Waals surface area (Å²) in [5.74, 6) is -1.98. The van der Waals surface area contributed by atoms with Crippen LogP contribution in [0.5, 0.6) is 5.88 Å². The van der Waals surface area contributed by atoms with Crippen LogP contribution in [-0.2, 0) is 4.74 Å². The summed E-state index contributed by atoms with van der Waals surface area (Å²) in [4.78, 5) is 16.2. The number of hydrogen-bond acceptors (Lipinski definition) is 5. The average molecular weight is 428 g/mol. The van der Waals surface area contributed by atoms with E-state index in [9.17, 15) is 4.79 Å². The minimum atomic E-state index is -0.774. The first kappa shape index (κ1) is 20.9. The van der Waals surface area contributed by atoms with Gasteiger partial charge in [0, 0.05) is 29.0 Å². The summed E-state index contributed by atoms with van der Waals surface area (Å²) in [5.41, 5.74) is 7.30. The first-order valence-electron chi connectivity index (χ1n) is 9.78. The van der Waals surface area contributed by atoms with Crippen LogP contribution < -0.4 is 10.5 Å². The number of methoxy groups -OCH3 is 1. The van der Waals surface area contributed by atoms with Gasteiger partial charge in [-0.05, 0) is 44.0 Å². The van der Waals surface area contributed by atoms with E-state index in [-0.39, 0.29) is 34.3 Å². The SMILES string of the molecule is COc1nc(C)cc(C)c1-c1cc(F)c(-c2c(C(N)=O)cnn2C2CCOC2)cc1F. The third-order valence-electron chi connectivity index (χ3n) is 5.40. The first-order valence-corrected chi connectivity index (χ1v) is 9.78. The fourth-order valence-corrected chi connectivity index (χ4v) is 4.00. The van der Waals surface area contributed by atoms with Gasteiger partial charge in [-0.25, -0.2) is 13.8 Å². The molecule has 3 aromatic rings. The second kappa shape index (κ2) is 8.07. The molecule has 1 aliphatic heterocycles. The molecule has 1 atom stereocenters. The van der Waals surface area contributed by atoms with Crippen molar-refractivity contribution in [2.45, 2.75) is 26.3 Å². The molecule has 7 nitrogen and oxygen atoms in total. The van der Waals surface area contributed by atoms with E-state index in [4.69, 9.17) is 15.2 Å². The highest BCUT2D eigenvalue weighted by atomic mass is 19.1. The number of benzene rings is 1. The van der Waals surface area contributed by atoms with Crippen molar-refractivity contribution in [3.8, 4) is 28.3 Å². The highest BCUT2D eigenvalue weighted by molar-refractivity contribution is 5.99. The Kier molecular flexibility index (Phi) is 5.45. The molecule has 2 aromatic heterocycles. The predicted octanol–water partition coefficient (Wildman–Crippen LogP) is 3.58. The molecule has 4 rings (SSSR count). The normalized spacial score (nSPS) is 16.0. The molecule has 162 valence electrons. The monoisotopic (exact) mass is 428 g/mol. The number of hydrogen-bond donors (Lipinski definition) is 1. The average Bonchev–Trinajstić information content (AvgIpc) is 3.38. The number of nitrogens with two attached hydrogens (primary N) is 1. The van der Waals surface area contributed by atoms with Gasteiger partial charge in [0.2, 0.25) is 5.88 Å². The quantitative estimate of drug-likeness (QED) is 0.671. The first-order chi connectivity index (χ1) is 14.8. The summed E-state index contributed by atoms with van der Waals surface area (Å²) in [7, 11) is 1.43. The third kappa shape index (κ3) is 3.65. The van der Waals surface area contributed by atoms with Crippen LogP contribution in [-0.4, -0.2) is 41.0 Å². The summed E-state index contributed by atoms with van der Waals surface area (Å²) in [6, 6.07) is 3.71. The summed E-state index contributed by atoms with van der Waals surface area (Å²) >= 11 is 0. The molecule has 0 spiro atoms. The van der Waals surface area contributed by atoms with Crippen LogP contribution in [0.15, 0.2) is 24.4 Å². The summed E-state index contributed by atoms with van der Waals surface area (Å²) in [6.07, 6.45) is 1.92. The number of aromatic nitrogens is 3. The van der Waals surface area contributed by atoms with Crippen molar-refractivity contribution in [2.24, 2.45) is 5.73 Å². The van der Waals surface area contributed by atoms with Crippen LogP contribution >= 0.6 is 0 Å². The fourth-order valence-electron chi connectivity index (χ4n) is 4.00. The Balaban J connectivity index is 1.91. The zero-order chi connectivity index (χ0) is 22.3. The molecular formula is C22H22F2N4O3. The molecule has 1 aliphatic rings. The van der Waals surface area contributed by atoms with Crippen molar-refractivity contribution in [3.05, 3.63) is 52.9 Å². The third-order valence-corrected chi connectivity index (χ3v) is 5.40. The standard InChI is InChI=1S/C22H22F2N4O3/c1-11-6-12(2)27-22(30-3)19(11)14-7-18(24)15(8-17(14)23)20-16(21(25)29)9-26-28(20)13-4-5-31-10-13/h6-9,13H,4-5,10H2,1-3H3,(H2,25,29). The van der Waals surface area contributed by atoms with Crippen LogP contribution in [0.3, 0.4) is 0 Å². The lowest BCUT2D eigenvalue weighted by Crippen LogP contribution is -2.16. The number of aryl methyl sites for hydroxylation is 2. The van der Waals surface area contributed by atoms with Crippen LogP contribution in [0.2, 0.25) is 0 Å². The molecule has 9 heteroatoms. The Morgan fingerprint density at radius 3 is 2.58 bits per heavy atom. The highest BCUT2D eigenvalue weighted by Crippen LogP contribution is 2.38.